The topological polar surface area (TPSA) is 136 Å². The van der Waals surface area contributed by atoms with Crippen molar-refractivity contribution < 1.29 is 32.0 Å². The van der Waals surface area contributed by atoms with E-state index < -0.39 is 21.9 Å². The third-order valence-corrected chi connectivity index (χ3v) is 5.76. The number of aromatic nitrogens is 1. The second-order valence-corrected chi connectivity index (χ2v) is 9.18. The summed E-state index contributed by atoms with van der Waals surface area (Å²) in [5.74, 6) is 0.428. The van der Waals surface area contributed by atoms with Crippen LogP contribution in [0.4, 0.5) is 0 Å². The van der Waals surface area contributed by atoms with E-state index >= 15 is 0 Å². The lowest BCUT2D eigenvalue weighted by molar-refractivity contribution is 0.0639. The van der Waals surface area contributed by atoms with Crippen molar-refractivity contribution in [1.29, 1.82) is 0 Å². The minimum atomic E-state index is -4.30. The third-order valence-electron chi connectivity index (χ3n) is 5.26. The number of nitrogens with one attached hydrogen (secondary N) is 2. The van der Waals surface area contributed by atoms with Crippen molar-refractivity contribution in [3.8, 4) is 17.4 Å². The molecule has 1 aromatic heterocycles. The maximum Gasteiger partial charge on any atom is 0.283 e. The number of pyridine rings is 1. The maximum atomic E-state index is 11.9. The maximum absolute atomic E-state index is 11.9. The predicted molar refractivity (Wildman–Crippen MR) is 121 cm³/mol. The van der Waals surface area contributed by atoms with Gasteiger partial charge in [0.2, 0.25) is 5.88 Å². The van der Waals surface area contributed by atoms with Gasteiger partial charge in [-0.2, -0.15) is 8.42 Å². The van der Waals surface area contributed by atoms with E-state index in [-0.39, 0.29) is 11.4 Å². The Bertz CT molecular complexity index is 1020. The minimum Gasteiger partial charge on any atom is -0.493 e. The van der Waals surface area contributed by atoms with Gasteiger partial charge in [0, 0.05) is 32.0 Å². The zero-order chi connectivity index (χ0) is 23.7. The number of hydrogen-bond acceptors (Lipinski definition) is 8. The molecule has 0 atom stereocenters. The monoisotopic (exact) mass is 479 g/mol. The molecule has 3 N–H and O–H groups in total. The largest absolute Gasteiger partial charge is 0.493 e. The van der Waals surface area contributed by atoms with E-state index in [1.54, 1.807) is 13.2 Å². The van der Waals surface area contributed by atoms with Gasteiger partial charge in [0.05, 0.1) is 12.7 Å². The van der Waals surface area contributed by atoms with Gasteiger partial charge in [-0.15, -0.1) is 0 Å². The summed E-state index contributed by atoms with van der Waals surface area (Å²) < 4.78 is 46.8. The Morgan fingerprint density at radius 2 is 2.00 bits per heavy atom. The van der Waals surface area contributed by atoms with Crippen molar-refractivity contribution >= 4 is 16.0 Å². The molecule has 2 aromatic rings. The number of nitrogens with zero attached hydrogens (tertiary/aromatic N) is 1. The SMILES string of the molecule is COc1cc(CNCCC2CCOCC2)ccc1Oc1ccc(C(=O)NCS(=O)(=O)O)cn1. The molecule has 180 valence electrons. The summed E-state index contributed by atoms with van der Waals surface area (Å²) in [5.41, 5.74) is 1.19. The van der Waals surface area contributed by atoms with Gasteiger partial charge in [-0.3, -0.25) is 9.35 Å². The van der Waals surface area contributed by atoms with Gasteiger partial charge < -0.3 is 24.8 Å². The van der Waals surface area contributed by atoms with Crippen molar-refractivity contribution in [3.63, 3.8) is 0 Å². The number of amides is 1. The highest BCUT2D eigenvalue weighted by Crippen LogP contribution is 2.31. The highest BCUT2D eigenvalue weighted by Gasteiger charge is 2.14. The summed E-state index contributed by atoms with van der Waals surface area (Å²) in [6, 6.07) is 8.55. The number of hydrogen-bond donors (Lipinski definition) is 3. The van der Waals surface area contributed by atoms with E-state index in [0.717, 1.165) is 50.5 Å². The molecule has 1 saturated heterocycles. The van der Waals surface area contributed by atoms with E-state index in [2.05, 4.69) is 15.6 Å². The summed E-state index contributed by atoms with van der Waals surface area (Å²) in [7, 11) is -2.74. The van der Waals surface area contributed by atoms with Crippen molar-refractivity contribution in [3.05, 3.63) is 47.7 Å². The van der Waals surface area contributed by atoms with Gasteiger partial charge in [-0.05, 0) is 55.5 Å². The first-order chi connectivity index (χ1) is 15.8. The van der Waals surface area contributed by atoms with Gasteiger partial charge in [0.15, 0.2) is 11.5 Å². The summed E-state index contributed by atoms with van der Waals surface area (Å²) in [6.45, 7) is 3.38. The first-order valence-electron chi connectivity index (χ1n) is 10.7. The average Bonchev–Trinajstić information content (AvgIpc) is 2.81. The molecule has 0 spiro atoms. The smallest absolute Gasteiger partial charge is 0.283 e. The van der Waals surface area contributed by atoms with Crippen LogP contribution in [0.25, 0.3) is 0 Å². The van der Waals surface area contributed by atoms with E-state index in [4.69, 9.17) is 18.8 Å². The number of benzene rings is 1. The van der Waals surface area contributed by atoms with Crippen molar-refractivity contribution in [2.45, 2.75) is 25.8 Å². The molecule has 1 aliphatic rings. The number of methoxy groups -OCH3 is 1. The van der Waals surface area contributed by atoms with Crippen molar-refractivity contribution in [2.24, 2.45) is 5.92 Å². The Hall–Kier alpha value is -2.73. The number of carbonyl (C=O) groups excluding carboxylic acids is 1. The van der Waals surface area contributed by atoms with Crippen LogP contribution in [0, 0.1) is 5.92 Å². The average molecular weight is 480 g/mol. The first kappa shape index (κ1) is 24.9. The second-order valence-electron chi connectivity index (χ2n) is 7.73. The zero-order valence-corrected chi connectivity index (χ0v) is 19.3. The molecule has 11 heteroatoms. The quantitative estimate of drug-likeness (QED) is 0.328. The lowest BCUT2D eigenvalue weighted by atomic mass is 9.97. The zero-order valence-electron chi connectivity index (χ0n) is 18.5. The fourth-order valence-electron chi connectivity index (χ4n) is 3.43. The highest BCUT2D eigenvalue weighted by atomic mass is 32.2. The van der Waals surface area contributed by atoms with Crippen LogP contribution in [0.2, 0.25) is 0 Å². The molecular formula is C22H29N3O7S. The molecule has 0 unspecified atom stereocenters. The Kier molecular flexibility index (Phi) is 9.01. The van der Waals surface area contributed by atoms with E-state index in [1.165, 1.54) is 18.3 Å². The second kappa shape index (κ2) is 11.9. The Morgan fingerprint density at radius 3 is 2.67 bits per heavy atom. The Balaban J connectivity index is 1.52. The summed E-state index contributed by atoms with van der Waals surface area (Å²) in [4.78, 5) is 16.0. The van der Waals surface area contributed by atoms with Crippen LogP contribution in [-0.2, 0) is 21.4 Å². The molecule has 0 radical (unpaired) electrons. The van der Waals surface area contributed by atoms with Crippen LogP contribution in [0.5, 0.6) is 17.4 Å². The molecular weight excluding hydrogens is 450 g/mol. The van der Waals surface area contributed by atoms with E-state index in [1.807, 2.05) is 12.1 Å². The van der Waals surface area contributed by atoms with Crippen molar-refractivity contribution in [1.82, 2.24) is 15.6 Å². The number of ether oxygens (including phenoxy) is 3. The molecule has 0 bridgehead atoms. The van der Waals surface area contributed by atoms with Crippen LogP contribution in [0.3, 0.4) is 0 Å². The molecule has 33 heavy (non-hydrogen) atoms. The van der Waals surface area contributed by atoms with Crippen LogP contribution in [-0.4, -0.2) is 56.6 Å². The lowest BCUT2D eigenvalue weighted by Gasteiger charge is -2.22. The normalized spacial score (nSPS) is 14.6. The molecule has 3 rings (SSSR count). The van der Waals surface area contributed by atoms with Crippen LogP contribution in [0.1, 0.15) is 35.2 Å². The lowest BCUT2D eigenvalue weighted by Crippen LogP contribution is -2.29. The first-order valence-corrected chi connectivity index (χ1v) is 12.3. The predicted octanol–water partition coefficient (Wildman–Crippen LogP) is 2.36. The van der Waals surface area contributed by atoms with Gasteiger partial charge in [0.25, 0.3) is 16.0 Å². The number of rotatable bonds is 11. The standard InChI is InChI=1S/C22H29N3O7S/c1-30-20-12-17(13-23-9-6-16-7-10-31-11-8-16)2-4-19(20)32-21-5-3-18(14-24-21)22(26)25-15-33(27,28)29/h2-5,12,14,16,23H,6-11,13,15H2,1H3,(H,25,26)(H,27,28,29). The summed E-state index contributed by atoms with van der Waals surface area (Å²) in [6.07, 6.45) is 4.65. The van der Waals surface area contributed by atoms with E-state index in [9.17, 15) is 13.2 Å². The molecule has 1 aromatic carbocycles. The van der Waals surface area contributed by atoms with Crippen molar-refractivity contribution in [2.75, 3.05) is 32.7 Å². The van der Waals surface area contributed by atoms with Gasteiger partial charge in [-0.25, -0.2) is 4.98 Å². The molecule has 1 aliphatic heterocycles. The van der Waals surface area contributed by atoms with Gasteiger partial charge in [0.1, 0.15) is 5.88 Å². The molecule has 2 heterocycles. The molecule has 0 aliphatic carbocycles. The molecule has 0 saturated carbocycles. The summed E-state index contributed by atoms with van der Waals surface area (Å²) in [5, 5.41) is 5.55. The minimum absolute atomic E-state index is 0.125. The number of carbonyl (C=O) groups is 1. The van der Waals surface area contributed by atoms with E-state index in [0.29, 0.717) is 18.0 Å². The van der Waals surface area contributed by atoms with Crippen LogP contribution < -0.4 is 20.1 Å². The van der Waals surface area contributed by atoms with Crippen LogP contribution in [0.15, 0.2) is 36.5 Å². The third kappa shape index (κ3) is 8.28. The Labute approximate surface area is 193 Å². The van der Waals surface area contributed by atoms with Crippen LogP contribution >= 0.6 is 0 Å². The Morgan fingerprint density at radius 1 is 1.21 bits per heavy atom. The molecule has 1 fully saturated rings. The highest BCUT2D eigenvalue weighted by molar-refractivity contribution is 7.85. The fourth-order valence-corrected chi connectivity index (χ4v) is 3.74. The fraction of sp³-hybridized carbons (Fsp3) is 0.455. The van der Waals surface area contributed by atoms with Gasteiger partial charge >= 0.3 is 0 Å². The van der Waals surface area contributed by atoms with Gasteiger partial charge in [-0.1, -0.05) is 6.07 Å². The summed E-state index contributed by atoms with van der Waals surface area (Å²) >= 11 is 0. The molecule has 1 amide bonds. The molecule has 10 nitrogen and oxygen atoms in total.